The Morgan fingerprint density at radius 1 is 1.20 bits per heavy atom. The molecule has 1 fully saturated rings. The van der Waals surface area contributed by atoms with E-state index in [-0.39, 0.29) is 18.6 Å². The minimum absolute atomic E-state index is 0.120. The standard InChI is InChI=1S/C19H27NO5/c1-3-19(4-2,18(22)23)13-20-17(21)14-5-7-15(8-6-14)25-16-9-11-24-12-10-16/h5-8,16H,3-4,9-13H2,1-2H3,(H,20,21)(H,22,23). The number of carboxylic acids is 1. The molecule has 1 heterocycles. The van der Waals surface area contributed by atoms with Crippen LogP contribution in [0, 0.1) is 5.41 Å². The third-order valence-electron chi connectivity index (χ3n) is 4.98. The van der Waals surface area contributed by atoms with Gasteiger partial charge in [-0.2, -0.15) is 0 Å². The fourth-order valence-electron chi connectivity index (χ4n) is 2.90. The molecule has 138 valence electrons. The van der Waals surface area contributed by atoms with Crippen LogP contribution in [-0.4, -0.2) is 42.8 Å². The van der Waals surface area contributed by atoms with Crippen LogP contribution in [-0.2, 0) is 9.53 Å². The first kappa shape index (κ1) is 19.2. The summed E-state index contributed by atoms with van der Waals surface area (Å²) in [4.78, 5) is 23.8. The van der Waals surface area contributed by atoms with Crippen molar-refractivity contribution in [3.05, 3.63) is 29.8 Å². The molecule has 1 aromatic rings. The second-order valence-electron chi connectivity index (χ2n) is 6.43. The van der Waals surface area contributed by atoms with Crippen molar-refractivity contribution < 1.29 is 24.2 Å². The van der Waals surface area contributed by atoms with Crippen LogP contribution in [0.1, 0.15) is 49.9 Å². The SMILES string of the molecule is CCC(CC)(CNC(=O)c1ccc(OC2CCOCC2)cc1)C(=O)O. The van der Waals surface area contributed by atoms with E-state index in [0.29, 0.717) is 31.6 Å². The van der Waals surface area contributed by atoms with Gasteiger partial charge >= 0.3 is 5.97 Å². The zero-order chi connectivity index (χ0) is 18.3. The highest BCUT2D eigenvalue weighted by Gasteiger charge is 2.35. The molecular weight excluding hydrogens is 322 g/mol. The third kappa shape index (κ3) is 4.95. The predicted octanol–water partition coefficient (Wildman–Crippen LogP) is 2.87. The van der Waals surface area contributed by atoms with E-state index in [1.54, 1.807) is 24.3 Å². The number of ether oxygens (including phenoxy) is 2. The lowest BCUT2D eigenvalue weighted by atomic mass is 9.82. The average Bonchev–Trinajstić information content (AvgIpc) is 2.64. The second-order valence-corrected chi connectivity index (χ2v) is 6.43. The molecular formula is C19H27NO5. The van der Waals surface area contributed by atoms with Crippen LogP contribution < -0.4 is 10.1 Å². The van der Waals surface area contributed by atoms with Crippen molar-refractivity contribution in [1.29, 1.82) is 0 Å². The van der Waals surface area contributed by atoms with Gasteiger partial charge < -0.3 is 19.9 Å². The summed E-state index contributed by atoms with van der Waals surface area (Å²) in [6, 6.07) is 6.94. The first-order valence-corrected chi connectivity index (χ1v) is 8.87. The van der Waals surface area contributed by atoms with E-state index in [0.717, 1.165) is 18.6 Å². The molecule has 0 spiro atoms. The number of amides is 1. The second kappa shape index (κ2) is 8.85. The summed E-state index contributed by atoms with van der Waals surface area (Å²) >= 11 is 0. The lowest BCUT2D eigenvalue weighted by Gasteiger charge is -2.26. The van der Waals surface area contributed by atoms with E-state index in [1.165, 1.54) is 0 Å². The maximum atomic E-state index is 12.3. The first-order chi connectivity index (χ1) is 12.0. The van der Waals surface area contributed by atoms with Crippen LogP contribution in [0.4, 0.5) is 0 Å². The van der Waals surface area contributed by atoms with Crippen molar-refractivity contribution in [1.82, 2.24) is 5.32 Å². The third-order valence-corrected chi connectivity index (χ3v) is 4.98. The van der Waals surface area contributed by atoms with Crippen LogP contribution in [0.25, 0.3) is 0 Å². The molecule has 1 amide bonds. The number of hydrogen-bond donors (Lipinski definition) is 2. The summed E-state index contributed by atoms with van der Waals surface area (Å²) in [6.07, 6.45) is 2.83. The largest absolute Gasteiger partial charge is 0.490 e. The van der Waals surface area contributed by atoms with Gasteiger partial charge in [-0.1, -0.05) is 13.8 Å². The van der Waals surface area contributed by atoms with Gasteiger partial charge in [0.15, 0.2) is 0 Å². The number of carbonyl (C=O) groups is 2. The van der Waals surface area contributed by atoms with E-state index in [2.05, 4.69) is 5.32 Å². The molecule has 25 heavy (non-hydrogen) atoms. The van der Waals surface area contributed by atoms with Crippen molar-refractivity contribution in [2.24, 2.45) is 5.41 Å². The minimum atomic E-state index is -0.915. The highest BCUT2D eigenvalue weighted by Crippen LogP contribution is 2.26. The Kier molecular flexibility index (Phi) is 6.82. The fraction of sp³-hybridized carbons (Fsp3) is 0.579. The minimum Gasteiger partial charge on any atom is -0.490 e. The summed E-state index contributed by atoms with van der Waals surface area (Å²) in [5.74, 6) is -0.423. The van der Waals surface area contributed by atoms with Crippen molar-refractivity contribution in [3.8, 4) is 5.75 Å². The molecule has 1 aliphatic heterocycles. The van der Waals surface area contributed by atoms with Gasteiger partial charge in [-0.3, -0.25) is 9.59 Å². The molecule has 1 aliphatic rings. The Bertz CT molecular complexity index is 574. The van der Waals surface area contributed by atoms with Gasteiger partial charge in [0.2, 0.25) is 0 Å². The predicted molar refractivity (Wildman–Crippen MR) is 93.9 cm³/mol. The number of rotatable bonds is 8. The summed E-state index contributed by atoms with van der Waals surface area (Å²) in [5.41, 5.74) is -0.423. The van der Waals surface area contributed by atoms with Gasteiger partial charge in [-0.25, -0.2) is 0 Å². The van der Waals surface area contributed by atoms with E-state index in [4.69, 9.17) is 9.47 Å². The Morgan fingerprint density at radius 3 is 2.32 bits per heavy atom. The molecule has 0 aromatic heterocycles. The highest BCUT2D eigenvalue weighted by atomic mass is 16.5. The lowest BCUT2D eigenvalue weighted by Crippen LogP contribution is -2.42. The molecule has 2 N–H and O–H groups in total. The van der Waals surface area contributed by atoms with Gasteiger partial charge in [0.05, 0.1) is 18.6 Å². The van der Waals surface area contributed by atoms with Crippen LogP contribution in [0.3, 0.4) is 0 Å². The number of carboxylic acid groups (broad SMARTS) is 1. The molecule has 6 nitrogen and oxygen atoms in total. The molecule has 0 aliphatic carbocycles. The highest BCUT2D eigenvalue weighted by molar-refractivity contribution is 5.94. The Hall–Kier alpha value is -2.08. The molecule has 0 atom stereocenters. The van der Waals surface area contributed by atoms with E-state index < -0.39 is 11.4 Å². The average molecular weight is 349 g/mol. The zero-order valence-corrected chi connectivity index (χ0v) is 14.9. The topological polar surface area (TPSA) is 84.9 Å². The van der Waals surface area contributed by atoms with Gasteiger partial charge in [-0.05, 0) is 37.1 Å². The molecule has 0 unspecified atom stereocenters. The number of hydrogen-bond acceptors (Lipinski definition) is 4. The van der Waals surface area contributed by atoms with Crippen LogP contribution in [0.5, 0.6) is 5.75 Å². The van der Waals surface area contributed by atoms with Crippen LogP contribution >= 0.6 is 0 Å². The Balaban J connectivity index is 1.92. The first-order valence-electron chi connectivity index (χ1n) is 8.87. The van der Waals surface area contributed by atoms with Gasteiger partial charge in [0.25, 0.3) is 5.91 Å². The monoisotopic (exact) mass is 349 g/mol. The van der Waals surface area contributed by atoms with Crippen molar-refractivity contribution in [2.45, 2.75) is 45.6 Å². The smallest absolute Gasteiger partial charge is 0.311 e. The lowest BCUT2D eigenvalue weighted by molar-refractivity contribution is -0.149. The van der Waals surface area contributed by atoms with E-state index >= 15 is 0 Å². The number of nitrogens with one attached hydrogen (secondary N) is 1. The molecule has 1 saturated heterocycles. The number of carbonyl (C=O) groups excluding carboxylic acids is 1. The van der Waals surface area contributed by atoms with E-state index in [9.17, 15) is 14.7 Å². The maximum absolute atomic E-state index is 12.3. The fourth-order valence-corrected chi connectivity index (χ4v) is 2.90. The van der Waals surface area contributed by atoms with Crippen molar-refractivity contribution >= 4 is 11.9 Å². The van der Waals surface area contributed by atoms with Gasteiger partial charge in [-0.15, -0.1) is 0 Å². The maximum Gasteiger partial charge on any atom is 0.311 e. The van der Waals surface area contributed by atoms with Crippen molar-refractivity contribution in [2.75, 3.05) is 19.8 Å². The summed E-state index contributed by atoms with van der Waals surface area (Å²) in [5, 5.41) is 12.2. The summed E-state index contributed by atoms with van der Waals surface area (Å²) in [7, 11) is 0. The molecule has 6 heteroatoms. The zero-order valence-electron chi connectivity index (χ0n) is 14.9. The molecule has 0 radical (unpaired) electrons. The quantitative estimate of drug-likeness (QED) is 0.754. The Morgan fingerprint density at radius 2 is 1.80 bits per heavy atom. The number of aliphatic carboxylic acids is 1. The molecule has 2 rings (SSSR count). The van der Waals surface area contributed by atoms with Crippen LogP contribution in [0.15, 0.2) is 24.3 Å². The van der Waals surface area contributed by atoms with Gasteiger partial charge in [0, 0.05) is 24.9 Å². The number of benzene rings is 1. The molecule has 0 saturated carbocycles. The van der Waals surface area contributed by atoms with Crippen molar-refractivity contribution in [3.63, 3.8) is 0 Å². The summed E-state index contributed by atoms with van der Waals surface area (Å²) < 4.78 is 11.2. The molecule has 0 bridgehead atoms. The normalized spacial score (nSPS) is 15.6. The molecule has 1 aromatic carbocycles. The van der Waals surface area contributed by atoms with E-state index in [1.807, 2.05) is 13.8 Å². The van der Waals surface area contributed by atoms with Crippen LogP contribution in [0.2, 0.25) is 0 Å². The summed E-state index contributed by atoms with van der Waals surface area (Å²) in [6.45, 7) is 5.20. The Labute approximate surface area is 148 Å². The van der Waals surface area contributed by atoms with Gasteiger partial charge in [0.1, 0.15) is 11.9 Å².